The highest BCUT2D eigenvalue weighted by molar-refractivity contribution is 7.92. The largest absolute Gasteiger partial charge is 0.343 e. The van der Waals surface area contributed by atoms with E-state index in [0.717, 1.165) is 29.4 Å². The molecule has 34 heavy (non-hydrogen) atoms. The molecule has 1 fully saturated rings. The van der Waals surface area contributed by atoms with Gasteiger partial charge in [-0.25, -0.2) is 13.2 Å². The molecule has 0 radical (unpaired) electrons. The molecule has 1 saturated heterocycles. The van der Waals surface area contributed by atoms with Crippen LogP contribution in [0.3, 0.4) is 0 Å². The van der Waals surface area contributed by atoms with Gasteiger partial charge in [0.05, 0.1) is 21.5 Å². The minimum Gasteiger partial charge on any atom is -0.343 e. The number of piperidine rings is 1. The maximum Gasteiger partial charge on any atom is 0.331 e. The van der Waals surface area contributed by atoms with E-state index < -0.39 is 21.3 Å². The van der Waals surface area contributed by atoms with Crippen LogP contribution < -0.4 is 16.0 Å². The monoisotopic (exact) mass is 484 g/mol. The van der Waals surface area contributed by atoms with Gasteiger partial charge in [0.2, 0.25) is 5.91 Å². The number of rotatable bonds is 6. The molecular weight excluding hydrogens is 456 g/mol. The fraction of sp³-hybridized carbons (Fsp3) is 0.375. The summed E-state index contributed by atoms with van der Waals surface area (Å²) < 4.78 is 30.9. The van der Waals surface area contributed by atoms with Crippen LogP contribution in [0.1, 0.15) is 31.2 Å². The second-order valence-electron chi connectivity index (χ2n) is 8.59. The summed E-state index contributed by atoms with van der Waals surface area (Å²) in [6, 6.07) is 11.1. The van der Waals surface area contributed by atoms with Gasteiger partial charge in [0.1, 0.15) is 0 Å². The number of fused-ring (bicyclic) bond motifs is 1. The van der Waals surface area contributed by atoms with Crippen LogP contribution in [0.25, 0.3) is 10.9 Å². The summed E-state index contributed by atoms with van der Waals surface area (Å²) in [4.78, 5) is 40.2. The summed E-state index contributed by atoms with van der Waals surface area (Å²) in [6.07, 6.45) is 3.04. The quantitative estimate of drug-likeness (QED) is 0.577. The number of nitrogens with one attached hydrogen (secondary N) is 1. The number of likely N-dealkylation sites (tertiary alicyclic amines) is 1. The SMILES string of the molecule is Cc1ccccc1NS(=O)(=O)c1ccc2c(c1)c(=O)n(CCC(=O)N1CCCCC1)c(=O)n2C. The van der Waals surface area contributed by atoms with Crippen LogP contribution in [0.4, 0.5) is 5.69 Å². The summed E-state index contributed by atoms with van der Waals surface area (Å²) in [5.74, 6) is -0.0903. The third kappa shape index (κ3) is 4.63. The maximum absolute atomic E-state index is 13.2. The van der Waals surface area contributed by atoms with E-state index in [-0.39, 0.29) is 29.2 Å². The highest BCUT2D eigenvalue weighted by Gasteiger charge is 2.20. The topological polar surface area (TPSA) is 110 Å². The van der Waals surface area contributed by atoms with Crippen LogP contribution in [0, 0.1) is 6.92 Å². The van der Waals surface area contributed by atoms with Crippen molar-refractivity contribution in [3.63, 3.8) is 0 Å². The van der Waals surface area contributed by atoms with E-state index in [2.05, 4.69) is 4.72 Å². The lowest BCUT2D eigenvalue weighted by atomic mass is 10.1. The van der Waals surface area contributed by atoms with Gasteiger partial charge >= 0.3 is 5.69 Å². The number of benzene rings is 2. The Kier molecular flexibility index (Phi) is 6.60. The highest BCUT2D eigenvalue weighted by Crippen LogP contribution is 2.21. The zero-order chi connectivity index (χ0) is 24.5. The predicted molar refractivity (Wildman–Crippen MR) is 130 cm³/mol. The zero-order valence-corrected chi connectivity index (χ0v) is 20.1. The first-order valence-corrected chi connectivity index (χ1v) is 12.8. The molecular formula is C24H28N4O5S. The van der Waals surface area contributed by atoms with Crippen molar-refractivity contribution in [2.24, 2.45) is 7.05 Å². The normalized spacial score (nSPS) is 14.4. The van der Waals surface area contributed by atoms with Gasteiger partial charge in [0, 0.05) is 33.1 Å². The first kappa shape index (κ1) is 23.7. The van der Waals surface area contributed by atoms with Crippen LogP contribution in [-0.4, -0.2) is 41.4 Å². The number of hydrogen-bond acceptors (Lipinski definition) is 5. The number of para-hydroxylation sites is 1. The van der Waals surface area contributed by atoms with E-state index in [1.807, 2.05) is 6.07 Å². The molecule has 1 aliphatic rings. The molecule has 1 aliphatic heterocycles. The van der Waals surface area contributed by atoms with E-state index >= 15 is 0 Å². The Bertz CT molecular complexity index is 1470. The average molecular weight is 485 g/mol. The summed E-state index contributed by atoms with van der Waals surface area (Å²) in [6.45, 7) is 3.12. The molecule has 9 nitrogen and oxygen atoms in total. The van der Waals surface area contributed by atoms with Gasteiger partial charge in [0.15, 0.2) is 0 Å². The lowest BCUT2D eigenvalue weighted by Gasteiger charge is -2.26. The van der Waals surface area contributed by atoms with Crippen molar-refractivity contribution in [1.82, 2.24) is 14.0 Å². The molecule has 0 bridgehead atoms. The minimum absolute atomic E-state index is 0.0352. The van der Waals surface area contributed by atoms with Gasteiger partial charge in [0.25, 0.3) is 15.6 Å². The molecule has 0 aliphatic carbocycles. The Morgan fingerprint density at radius 3 is 2.44 bits per heavy atom. The summed E-state index contributed by atoms with van der Waals surface area (Å²) in [7, 11) is -2.45. The van der Waals surface area contributed by atoms with Crippen molar-refractivity contribution >= 4 is 32.5 Å². The standard InChI is InChI=1S/C24H28N4O5S/c1-17-8-4-5-9-20(17)25-34(32,33)18-10-11-21-19(16-18)23(30)28(24(31)26(21)2)15-12-22(29)27-13-6-3-7-14-27/h4-5,8-11,16,25H,3,6-7,12-15H2,1-2H3. The summed E-state index contributed by atoms with van der Waals surface area (Å²) in [5, 5.41) is 0.0974. The molecule has 2 heterocycles. The number of amides is 1. The van der Waals surface area contributed by atoms with Gasteiger partial charge in [-0.2, -0.15) is 0 Å². The molecule has 1 N–H and O–H groups in total. The Labute approximate surface area is 197 Å². The third-order valence-corrected chi connectivity index (χ3v) is 7.64. The van der Waals surface area contributed by atoms with Gasteiger partial charge in [-0.05, 0) is 56.0 Å². The Hall–Kier alpha value is -3.40. The second kappa shape index (κ2) is 9.46. The van der Waals surface area contributed by atoms with E-state index in [1.165, 1.54) is 29.8 Å². The summed E-state index contributed by atoms with van der Waals surface area (Å²) >= 11 is 0. The second-order valence-corrected chi connectivity index (χ2v) is 10.3. The van der Waals surface area contributed by atoms with Crippen LogP contribution in [-0.2, 0) is 28.4 Å². The zero-order valence-electron chi connectivity index (χ0n) is 19.3. The minimum atomic E-state index is -3.97. The molecule has 1 amide bonds. The van der Waals surface area contributed by atoms with Crippen LogP contribution in [0.5, 0.6) is 0 Å². The number of hydrogen-bond donors (Lipinski definition) is 1. The Balaban J connectivity index is 1.68. The number of nitrogens with zero attached hydrogens (tertiary/aromatic N) is 3. The maximum atomic E-state index is 13.2. The number of carbonyl (C=O) groups excluding carboxylic acids is 1. The molecule has 0 saturated carbocycles. The number of anilines is 1. The molecule has 180 valence electrons. The lowest BCUT2D eigenvalue weighted by molar-refractivity contribution is -0.132. The number of aryl methyl sites for hydroxylation is 2. The average Bonchev–Trinajstić information content (AvgIpc) is 2.84. The molecule has 0 spiro atoms. The molecule has 0 atom stereocenters. The molecule has 0 unspecified atom stereocenters. The van der Waals surface area contributed by atoms with Crippen molar-refractivity contribution in [2.75, 3.05) is 17.8 Å². The number of aromatic nitrogens is 2. The van der Waals surface area contributed by atoms with Crippen LogP contribution >= 0.6 is 0 Å². The molecule has 3 aromatic rings. The van der Waals surface area contributed by atoms with E-state index in [4.69, 9.17) is 0 Å². The van der Waals surface area contributed by atoms with Crippen LogP contribution in [0.15, 0.2) is 56.9 Å². The van der Waals surface area contributed by atoms with Crippen molar-refractivity contribution in [2.45, 2.75) is 44.0 Å². The van der Waals surface area contributed by atoms with Gasteiger partial charge in [-0.15, -0.1) is 0 Å². The fourth-order valence-corrected chi connectivity index (χ4v) is 5.42. The lowest BCUT2D eigenvalue weighted by Crippen LogP contribution is -2.41. The highest BCUT2D eigenvalue weighted by atomic mass is 32.2. The van der Waals surface area contributed by atoms with E-state index in [1.54, 1.807) is 30.0 Å². The van der Waals surface area contributed by atoms with Crippen molar-refractivity contribution in [3.05, 3.63) is 68.9 Å². The smallest absolute Gasteiger partial charge is 0.331 e. The predicted octanol–water partition coefficient (Wildman–Crippen LogP) is 2.21. The fourth-order valence-electron chi connectivity index (χ4n) is 4.26. The van der Waals surface area contributed by atoms with Crippen molar-refractivity contribution in [1.29, 1.82) is 0 Å². The molecule has 2 aromatic carbocycles. The Morgan fingerprint density at radius 2 is 1.74 bits per heavy atom. The van der Waals surface area contributed by atoms with Gasteiger partial charge < -0.3 is 4.90 Å². The summed E-state index contributed by atoms with van der Waals surface area (Å²) in [5.41, 5.74) is 0.366. The van der Waals surface area contributed by atoms with Crippen molar-refractivity contribution in [3.8, 4) is 0 Å². The number of sulfonamides is 1. The van der Waals surface area contributed by atoms with Crippen molar-refractivity contribution < 1.29 is 13.2 Å². The van der Waals surface area contributed by atoms with Gasteiger partial charge in [-0.3, -0.25) is 23.4 Å². The van der Waals surface area contributed by atoms with Gasteiger partial charge in [-0.1, -0.05) is 18.2 Å². The molecule has 10 heteroatoms. The van der Waals surface area contributed by atoms with E-state index in [9.17, 15) is 22.8 Å². The molecule has 4 rings (SSSR count). The number of carbonyl (C=O) groups is 1. The third-order valence-electron chi connectivity index (χ3n) is 6.28. The molecule has 1 aromatic heterocycles. The van der Waals surface area contributed by atoms with Crippen LogP contribution in [0.2, 0.25) is 0 Å². The first-order valence-electron chi connectivity index (χ1n) is 11.3. The first-order chi connectivity index (χ1) is 16.2. The Morgan fingerprint density at radius 1 is 1.03 bits per heavy atom. The van der Waals surface area contributed by atoms with E-state index in [0.29, 0.717) is 24.3 Å².